The summed E-state index contributed by atoms with van der Waals surface area (Å²) < 4.78 is 10.9. The van der Waals surface area contributed by atoms with Gasteiger partial charge in [-0.1, -0.05) is 56.2 Å². The van der Waals surface area contributed by atoms with Crippen LogP contribution in [0, 0.1) is 24.2 Å². The maximum atomic E-state index is 12.3. The van der Waals surface area contributed by atoms with Gasteiger partial charge in [-0.25, -0.2) is 0 Å². The lowest BCUT2D eigenvalue weighted by Crippen LogP contribution is -2.40. The Morgan fingerprint density at radius 3 is 2.47 bits per heavy atom. The molecule has 0 aromatic heterocycles. The molecule has 1 saturated carbocycles. The van der Waals surface area contributed by atoms with E-state index < -0.39 is 5.97 Å². The summed E-state index contributed by atoms with van der Waals surface area (Å²) in [6.07, 6.45) is 8.71. The van der Waals surface area contributed by atoms with Gasteiger partial charge in [0.25, 0.3) is 0 Å². The molecule has 6 heteroatoms. The summed E-state index contributed by atoms with van der Waals surface area (Å²) in [7, 11) is 1.47. The van der Waals surface area contributed by atoms with Gasteiger partial charge in [-0.3, -0.25) is 14.4 Å². The van der Waals surface area contributed by atoms with Crippen LogP contribution in [0.15, 0.2) is 23.8 Å². The number of carbonyl (C=O) groups excluding carboxylic acids is 3. The Morgan fingerprint density at radius 1 is 1.25 bits per heavy atom. The average molecular weight is 461 g/mol. The molecular weight excluding hydrogens is 428 g/mol. The van der Waals surface area contributed by atoms with Gasteiger partial charge in [0, 0.05) is 24.8 Å². The lowest BCUT2D eigenvalue weighted by Gasteiger charge is -2.42. The van der Waals surface area contributed by atoms with Gasteiger partial charge in [-0.05, 0) is 43.6 Å². The molecule has 1 aliphatic rings. The molecule has 1 fully saturated rings. The summed E-state index contributed by atoms with van der Waals surface area (Å²) in [5, 5.41) is 0.218. The van der Waals surface area contributed by atoms with Gasteiger partial charge in [-0.15, -0.1) is 0 Å². The Kier molecular flexibility index (Phi) is 8.47. The van der Waals surface area contributed by atoms with Crippen LogP contribution < -0.4 is 9.47 Å². The number of Topliss-reactive ketones (excluding diaryl/α,β-unsaturated/α-hetero) is 1. The van der Waals surface area contributed by atoms with E-state index in [9.17, 15) is 14.4 Å². The Balaban J connectivity index is 2.44. The normalized spacial score (nSPS) is 24.0. The summed E-state index contributed by atoms with van der Waals surface area (Å²) in [5.41, 5.74) is 2.14. The second kappa shape index (κ2) is 10.5. The van der Waals surface area contributed by atoms with Crippen LogP contribution in [0.4, 0.5) is 0 Å². The molecule has 1 aromatic rings. The van der Waals surface area contributed by atoms with Crippen molar-refractivity contribution in [3.05, 3.63) is 45.5 Å². The Bertz CT molecular complexity index is 975. The second-order valence-corrected chi connectivity index (χ2v) is 9.26. The number of rotatable bonds is 7. The number of ketones is 1. The van der Waals surface area contributed by atoms with Crippen molar-refractivity contribution in [2.45, 2.75) is 60.8 Å². The van der Waals surface area contributed by atoms with E-state index in [0.29, 0.717) is 53.3 Å². The molecule has 2 rings (SSSR count). The van der Waals surface area contributed by atoms with Crippen molar-refractivity contribution < 1.29 is 23.9 Å². The molecule has 5 nitrogen and oxygen atoms in total. The number of methoxy groups -OCH3 is 1. The summed E-state index contributed by atoms with van der Waals surface area (Å²) in [5.74, 6) is 0.728. The van der Waals surface area contributed by atoms with E-state index in [0.717, 1.165) is 12.0 Å². The van der Waals surface area contributed by atoms with E-state index in [1.165, 1.54) is 14.0 Å². The van der Waals surface area contributed by atoms with Gasteiger partial charge in [-0.2, -0.15) is 0 Å². The first-order valence-corrected chi connectivity index (χ1v) is 11.3. The van der Waals surface area contributed by atoms with Gasteiger partial charge in [0.2, 0.25) is 0 Å². The molecule has 0 bridgehead atoms. The molecule has 0 saturated heterocycles. The van der Waals surface area contributed by atoms with Crippen LogP contribution >= 0.6 is 11.6 Å². The number of ether oxygens (including phenoxy) is 2. The van der Waals surface area contributed by atoms with E-state index in [1.807, 2.05) is 26.0 Å². The monoisotopic (exact) mass is 460 g/mol. The smallest absolute Gasteiger partial charge is 0.308 e. The van der Waals surface area contributed by atoms with Crippen molar-refractivity contribution in [2.75, 3.05) is 7.11 Å². The van der Waals surface area contributed by atoms with Crippen molar-refractivity contribution >= 4 is 29.6 Å². The maximum absolute atomic E-state index is 12.3. The highest BCUT2D eigenvalue weighted by atomic mass is 35.5. The highest BCUT2D eigenvalue weighted by molar-refractivity contribution is 6.33. The largest absolute Gasteiger partial charge is 0.496 e. The summed E-state index contributed by atoms with van der Waals surface area (Å²) in [4.78, 5) is 35.6. The number of aldehydes is 1. The van der Waals surface area contributed by atoms with E-state index >= 15 is 0 Å². The molecule has 0 spiro atoms. The van der Waals surface area contributed by atoms with Crippen LogP contribution in [-0.4, -0.2) is 25.1 Å². The topological polar surface area (TPSA) is 69.7 Å². The third-order valence-electron chi connectivity index (χ3n) is 6.93. The second-order valence-electron chi connectivity index (χ2n) is 8.88. The molecule has 3 unspecified atom stereocenters. The van der Waals surface area contributed by atoms with Crippen LogP contribution in [0.1, 0.15) is 68.9 Å². The van der Waals surface area contributed by atoms with Crippen molar-refractivity contribution in [3.8, 4) is 11.5 Å². The average Bonchev–Trinajstić information content (AvgIpc) is 2.75. The first-order valence-electron chi connectivity index (χ1n) is 10.9. The number of hydrogen-bond acceptors (Lipinski definition) is 5. The molecule has 174 valence electrons. The van der Waals surface area contributed by atoms with Crippen molar-refractivity contribution in [2.24, 2.45) is 17.3 Å². The summed E-state index contributed by atoms with van der Waals surface area (Å²) >= 11 is 6.44. The van der Waals surface area contributed by atoms with Crippen LogP contribution in [0.5, 0.6) is 11.5 Å². The summed E-state index contributed by atoms with van der Waals surface area (Å²) in [6, 6.07) is 0. The Morgan fingerprint density at radius 2 is 1.91 bits per heavy atom. The molecule has 3 atom stereocenters. The van der Waals surface area contributed by atoms with Gasteiger partial charge in [0.15, 0.2) is 12.0 Å². The summed E-state index contributed by atoms with van der Waals surface area (Å²) in [6.45, 7) is 11.3. The maximum Gasteiger partial charge on any atom is 0.308 e. The zero-order valence-electron chi connectivity index (χ0n) is 20.0. The molecule has 0 N–H and O–H groups in total. The number of benzene rings is 1. The van der Waals surface area contributed by atoms with Gasteiger partial charge >= 0.3 is 5.97 Å². The van der Waals surface area contributed by atoms with Gasteiger partial charge in [0.05, 0.1) is 17.7 Å². The molecule has 0 amide bonds. The van der Waals surface area contributed by atoms with Crippen LogP contribution in [-0.2, 0) is 16.0 Å². The van der Waals surface area contributed by atoms with Crippen LogP contribution in [0.25, 0.3) is 0 Å². The van der Waals surface area contributed by atoms with Crippen LogP contribution in [0.2, 0.25) is 5.02 Å². The fourth-order valence-corrected chi connectivity index (χ4v) is 4.53. The van der Waals surface area contributed by atoms with E-state index in [4.69, 9.17) is 21.1 Å². The third-order valence-corrected chi connectivity index (χ3v) is 7.38. The zero-order valence-corrected chi connectivity index (χ0v) is 20.8. The molecule has 0 heterocycles. The lowest BCUT2D eigenvalue weighted by molar-refractivity contribution is -0.132. The minimum atomic E-state index is -0.507. The number of allylic oxidation sites excluding steroid dienone is 4. The zero-order chi connectivity index (χ0) is 24.2. The van der Waals surface area contributed by atoms with Crippen molar-refractivity contribution in [1.29, 1.82) is 0 Å². The standard InChI is InChI=1S/C26H33ClO5/c1-15(12-13-26(6)16(2)9-11-22(30)18(26)4)8-10-20-24(31-7)21(14-28)17(3)23(27)25(20)32-19(5)29/h8,12-14,16,18H,9-11H2,1-7H3/b13-12+,15-8-. The first kappa shape index (κ1) is 25.9. The number of carbonyl (C=O) groups is 3. The fourth-order valence-electron chi connectivity index (χ4n) is 4.28. The minimum Gasteiger partial charge on any atom is -0.496 e. The molecule has 1 aromatic carbocycles. The fraction of sp³-hybridized carbons (Fsp3) is 0.500. The molecule has 1 aliphatic carbocycles. The van der Waals surface area contributed by atoms with Gasteiger partial charge < -0.3 is 9.47 Å². The number of esters is 1. The molecule has 32 heavy (non-hydrogen) atoms. The van der Waals surface area contributed by atoms with E-state index in [1.54, 1.807) is 6.92 Å². The van der Waals surface area contributed by atoms with E-state index in [-0.39, 0.29) is 22.1 Å². The quantitative estimate of drug-likeness (QED) is 0.213. The van der Waals surface area contributed by atoms with Crippen molar-refractivity contribution in [3.63, 3.8) is 0 Å². The third kappa shape index (κ3) is 5.15. The lowest BCUT2D eigenvalue weighted by atomic mass is 9.61. The highest BCUT2D eigenvalue weighted by Gasteiger charge is 2.41. The van der Waals surface area contributed by atoms with E-state index in [2.05, 4.69) is 19.9 Å². The van der Waals surface area contributed by atoms with Crippen LogP contribution in [0.3, 0.4) is 0 Å². The first-order chi connectivity index (χ1) is 15.0. The van der Waals surface area contributed by atoms with Gasteiger partial charge in [0.1, 0.15) is 11.5 Å². The Labute approximate surface area is 195 Å². The number of hydrogen-bond donors (Lipinski definition) is 0. The van der Waals surface area contributed by atoms with Crippen molar-refractivity contribution in [1.82, 2.24) is 0 Å². The SMILES string of the molecule is COc1c(C=O)c(C)c(Cl)c(OC(C)=O)c1C/C=C(C)\C=C\C1(C)C(C)CCC(=O)C1C. The molecule has 0 radical (unpaired) electrons. The molecule has 0 aliphatic heterocycles. The predicted molar refractivity (Wildman–Crippen MR) is 127 cm³/mol. The highest BCUT2D eigenvalue weighted by Crippen LogP contribution is 2.45. The Hall–Kier alpha value is -2.40. The number of halogens is 1. The molecular formula is C26H33ClO5. The predicted octanol–water partition coefficient (Wildman–Crippen LogP) is 6.08. The minimum absolute atomic E-state index is 0.0305.